The summed E-state index contributed by atoms with van der Waals surface area (Å²) in [6.45, 7) is 11.6. The highest BCUT2D eigenvalue weighted by atomic mass is 16.6. The Labute approximate surface area is 210 Å². The summed E-state index contributed by atoms with van der Waals surface area (Å²) >= 11 is 0. The molecule has 2 rings (SSSR count). The van der Waals surface area contributed by atoms with Crippen LogP contribution in [0, 0.1) is 0 Å². The molecule has 35 heavy (non-hydrogen) atoms. The molecule has 4 atom stereocenters. The number of hydrogen-bond acceptors (Lipinski definition) is 6. The smallest absolute Gasteiger partial charge is 0.407 e. The fourth-order valence-corrected chi connectivity index (χ4v) is 5.23. The molecule has 0 spiro atoms. The SMILES string of the molecule is CCCCC[C@]1(C(C)NC(C)=O)[C@H](NC(=O)OC)C[C@H](C(=O)OC(C)(C)C)N1Cc1ccccc1. The van der Waals surface area contributed by atoms with Crippen LogP contribution in [0.4, 0.5) is 4.79 Å². The zero-order valence-electron chi connectivity index (χ0n) is 22.3. The van der Waals surface area contributed by atoms with Gasteiger partial charge in [-0.25, -0.2) is 4.79 Å². The van der Waals surface area contributed by atoms with Gasteiger partial charge >= 0.3 is 12.1 Å². The molecule has 2 N–H and O–H groups in total. The molecule has 1 aliphatic rings. The molecule has 0 aliphatic carbocycles. The van der Waals surface area contributed by atoms with E-state index in [1.54, 1.807) is 0 Å². The lowest BCUT2D eigenvalue weighted by atomic mass is 9.78. The minimum Gasteiger partial charge on any atom is -0.459 e. The van der Waals surface area contributed by atoms with Crippen LogP contribution in [-0.2, 0) is 25.6 Å². The van der Waals surface area contributed by atoms with Crippen LogP contribution in [0.2, 0.25) is 0 Å². The second-order valence-electron chi connectivity index (χ2n) is 10.5. The van der Waals surface area contributed by atoms with Crippen LogP contribution in [0.1, 0.15) is 79.2 Å². The van der Waals surface area contributed by atoms with E-state index in [-0.39, 0.29) is 17.9 Å². The van der Waals surface area contributed by atoms with E-state index in [9.17, 15) is 14.4 Å². The Morgan fingerprint density at radius 1 is 1.17 bits per heavy atom. The van der Waals surface area contributed by atoms with Crippen LogP contribution in [0.5, 0.6) is 0 Å². The molecule has 1 saturated heterocycles. The minimum absolute atomic E-state index is 0.162. The van der Waals surface area contributed by atoms with Crippen molar-refractivity contribution in [2.75, 3.05) is 7.11 Å². The number of likely N-dealkylation sites (tertiary alicyclic amines) is 1. The summed E-state index contributed by atoms with van der Waals surface area (Å²) < 4.78 is 10.8. The van der Waals surface area contributed by atoms with Gasteiger partial charge in [-0.2, -0.15) is 0 Å². The topological polar surface area (TPSA) is 97.0 Å². The number of nitrogens with one attached hydrogen (secondary N) is 2. The Morgan fingerprint density at radius 3 is 2.37 bits per heavy atom. The van der Waals surface area contributed by atoms with E-state index in [1.807, 2.05) is 58.0 Å². The van der Waals surface area contributed by atoms with Gasteiger partial charge < -0.3 is 20.1 Å². The van der Waals surface area contributed by atoms with Gasteiger partial charge in [-0.05, 0) is 46.1 Å². The first-order valence-corrected chi connectivity index (χ1v) is 12.6. The van der Waals surface area contributed by atoms with E-state index in [0.29, 0.717) is 19.4 Å². The number of alkyl carbamates (subject to hydrolysis) is 1. The van der Waals surface area contributed by atoms with Crippen molar-refractivity contribution < 1.29 is 23.9 Å². The molecule has 1 fully saturated rings. The van der Waals surface area contributed by atoms with E-state index in [0.717, 1.165) is 24.8 Å². The predicted octanol–water partition coefficient (Wildman–Crippen LogP) is 4.17. The molecule has 2 amide bonds. The van der Waals surface area contributed by atoms with E-state index >= 15 is 0 Å². The van der Waals surface area contributed by atoms with Crippen LogP contribution in [0.3, 0.4) is 0 Å². The lowest BCUT2D eigenvalue weighted by Gasteiger charge is -2.48. The third-order valence-electron chi connectivity index (χ3n) is 6.68. The van der Waals surface area contributed by atoms with Gasteiger partial charge in [0.05, 0.1) is 18.7 Å². The third kappa shape index (κ3) is 7.43. The summed E-state index contributed by atoms with van der Waals surface area (Å²) in [6, 6.07) is 8.54. The molecule has 0 saturated carbocycles. The summed E-state index contributed by atoms with van der Waals surface area (Å²) in [6.07, 6.45) is 3.38. The van der Waals surface area contributed by atoms with Crippen LogP contribution < -0.4 is 10.6 Å². The molecule has 0 radical (unpaired) electrons. The summed E-state index contributed by atoms with van der Waals surface area (Å²) in [7, 11) is 1.33. The van der Waals surface area contributed by atoms with Gasteiger partial charge in [-0.1, -0.05) is 56.5 Å². The van der Waals surface area contributed by atoms with Crippen LogP contribution >= 0.6 is 0 Å². The highest BCUT2D eigenvalue weighted by Gasteiger charge is 2.59. The number of unbranched alkanes of at least 4 members (excludes halogenated alkanes) is 2. The zero-order valence-corrected chi connectivity index (χ0v) is 22.3. The van der Waals surface area contributed by atoms with Crippen molar-refractivity contribution in [1.82, 2.24) is 15.5 Å². The molecule has 1 heterocycles. The van der Waals surface area contributed by atoms with Crippen molar-refractivity contribution in [3.05, 3.63) is 35.9 Å². The summed E-state index contributed by atoms with van der Waals surface area (Å²) in [5.41, 5.74) is -0.348. The summed E-state index contributed by atoms with van der Waals surface area (Å²) in [4.78, 5) is 40.3. The standard InChI is InChI=1S/C27H43N3O5/c1-8-9-13-16-27(19(2)28-20(3)31)23(29-25(33)34-7)17-22(24(32)35-26(4,5)6)30(27)18-21-14-11-10-12-15-21/h10-12,14-15,19,22-23H,8-9,13,16-18H2,1-7H3,(H,28,31)(H,29,33)/t19?,22-,23-,27+/m1/s1. The Balaban J connectivity index is 2.65. The molecular weight excluding hydrogens is 446 g/mol. The highest BCUT2D eigenvalue weighted by molar-refractivity contribution is 5.78. The second-order valence-corrected chi connectivity index (χ2v) is 10.5. The summed E-state index contributed by atoms with van der Waals surface area (Å²) in [5.74, 6) is -0.498. The lowest BCUT2D eigenvalue weighted by Crippen LogP contribution is -2.67. The van der Waals surface area contributed by atoms with Gasteiger partial charge in [0, 0.05) is 19.5 Å². The third-order valence-corrected chi connectivity index (χ3v) is 6.68. The first-order valence-electron chi connectivity index (χ1n) is 12.6. The minimum atomic E-state index is -0.730. The Bertz CT molecular complexity index is 854. The number of methoxy groups -OCH3 is 1. The first-order chi connectivity index (χ1) is 16.4. The van der Waals surface area contributed by atoms with Gasteiger partial charge in [-0.3, -0.25) is 14.5 Å². The van der Waals surface area contributed by atoms with Crippen molar-refractivity contribution in [1.29, 1.82) is 0 Å². The van der Waals surface area contributed by atoms with Gasteiger partial charge in [0.15, 0.2) is 0 Å². The number of hydrogen-bond donors (Lipinski definition) is 2. The number of ether oxygens (including phenoxy) is 2. The van der Waals surface area contributed by atoms with E-state index in [1.165, 1.54) is 14.0 Å². The molecule has 1 aromatic rings. The fraction of sp³-hybridized carbons (Fsp3) is 0.667. The molecule has 1 aromatic carbocycles. The molecular formula is C27H43N3O5. The molecule has 196 valence electrons. The molecule has 1 unspecified atom stereocenters. The Morgan fingerprint density at radius 2 is 1.83 bits per heavy atom. The maximum absolute atomic E-state index is 13.5. The molecule has 1 aliphatic heterocycles. The van der Waals surface area contributed by atoms with Crippen molar-refractivity contribution in [2.45, 2.75) is 109 Å². The number of rotatable bonds is 10. The van der Waals surface area contributed by atoms with E-state index in [2.05, 4.69) is 22.5 Å². The van der Waals surface area contributed by atoms with Gasteiger partial charge in [-0.15, -0.1) is 0 Å². The van der Waals surface area contributed by atoms with Crippen LogP contribution in [0.25, 0.3) is 0 Å². The zero-order chi connectivity index (χ0) is 26.2. The first kappa shape index (κ1) is 28.6. The average molecular weight is 490 g/mol. The second kappa shape index (κ2) is 12.4. The lowest BCUT2D eigenvalue weighted by molar-refractivity contribution is -0.162. The molecule has 0 bridgehead atoms. The molecule has 8 heteroatoms. The van der Waals surface area contributed by atoms with Crippen LogP contribution in [-0.4, -0.2) is 59.2 Å². The van der Waals surface area contributed by atoms with E-state index < -0.39 is 29.3 Å². The predicted molar refractivity (Wildman–Crippen MR) is 136 cm³/mol. The number of amides is 2. The maximum atomic E-state index is 13.5. The fourth-order valence-electron chi connectivity index (χ4n) is 5.23. The number of esters is 1. The number of benzene rings is 1. The molecule has 0 aromatic heterocycles. The number of carbonyl (C=O) groups is 3. The average Bonchev–Trinajstić information content (AvgIpc) is 3.07. The Kier molecular flexibility index (Phi) is 10.1. The largest absolute Gasteiger partial charge is 0.459 e. The quantitative estimate of drug-likeness (QED) is 0.378. The van der Waals surface area contributed by atoms with Crippen molar-refractivity contribution in [3.8, 4) is 0 Å². The van der Waals surface area contributed by atoms with Crippen molar-refractivity contribution >= 4 is 18.0 Å². The highest BCUT2D eigenvalue weighted by Crippen LogP contribution is 2.43. The molecule has 8 nitrogen and oxygen atoms in total. The number of carbonyl (C=O) groups excluding carboxylic acids is 3. The summed E-state index contributed by atoms with van der Waals surface area (Å²) in [5, 5.41) is 6.07. The van der Waals surface area contributed by atoms with Gasteiger partial charge in [0.25, 0.3) is 0 Å². The number of nitrogens with zero attached hydrogens (tertiary/aromatic N) is 1. The van der Waals surface area contributed by atoms with Crippen molar-refractivity contribution in [3.63, 3.8) is 0 Å². The van der Waals surface area contributed by atoms with Crippen LogP contribution in [0.15, 0.2) is 30.3 Å². The van der Waals surface area contributed by atoms with Crippen molar-refractivity contribution in [2.24, 2.45) is 0 Å². The van der Waals surface area contributed by atoms with E-state index in [4.69, 9.17) is 9.47 Å². The Hall–Kier alpha value is -2.61. The normalized spacial score (nSPS) is 23.4. The van der Waals surface area contributed by atoms with Gasteiger partial charge in [0.1, 0.15) is 11.6 Å². The van der Waals surface area contributed by atoms with Gasteiger partial charge in [0.2, 0.25) is 5.91 Å². The monoisotopic (exact) mass is 489 g/mol. The maximum Gasteiger partial charge on any atom is 0.407 e.